The van der Waals surface area contributed by atoms with Gasteiger partial charge in [-0.3, -0.25) is 4.99 Å². The van der Waals surface area contributed by atoms with E-state index in [4.69, 9.17) is 10.7 Å². The van der Waals surface area contributed by atoms with E-state index in [1.165, 1.54) is 37.8 Å². The molecule has 2 nitrogen and oxygen atoms in total. The molecule has 0 spiro atoms. The van der Waals surface area contributed by atoms with E-state index >= 15 is 0 Å². The Bertz CT molecular complexity index is 517. The van der Waals surface area contributed by atoms with Crippen LogP contribution in [0.2, 0.25) is 0 Å². The van der Waals surface area contributed by atoms with Gasteiger partial charge in [0.2, 0.25) is 0 Å². The molecule has 0 unspecified atom stereocenters. The van der Waals surface area contributed by atoms with Gasteiger partial charge in [0.25, 0.3) is 0 Å². The molecule has 1 saturated carbocycles. The Kier molecular flexibility index (Phi) is 5.94. The lowest BCUT2D eigenvalue weighted by atomic mass is 9.86. The maximum atomic E-state index is 5.65. The Hall–Kier alpha value is -1.67. The van der Waals surface area contributed by atoms with Gasteiger partial charge in [0, 0.05) is 17.8 Å². The summed E-state index contributed by atoms with van der Waals surface area (Å²) in [7, 11) is 0. The third kappa shape index (κ3) is 4.40. The van der Waals surface area contributed by atoms with Gasteiger partial charge in [-0.15, -0.1) is 0 Å². The van der Waals surface area contributed by atoms with Crippen molar-refractivity contribution in [2.24, 2.45) is 16.6 Å². The van der Waals surface area contributed by atoms with Crippen molar-refractivity contribution in [1.29, 1.82) is 0 Å². The Morgan fingerprint density at radius 2 is 1.90 bits per heavy atom. The number of benzene rings is 1. The zero-order valence-electron chi connectivity index (χ0n) is 13.0. The molecule has 0 radical (unpaired) electrons. The Morgan fingerprint density at radius 1 is 1.24 bits per heavy atom. The van der Waals surface area contributed by atoms with Crippen molar-refractivity contribution in [3.05, 3.63) is 54.1 Å². The van der Waals surface area contributed by atoms with Crippen molar-refractivity contribution in [2.45, 2.75) is 45.6 Å². The molecule has 0 aliphatic heterocycles. The molecule has 2 rings (SSSR count). The Balaban J connectivity index is 2.21. The lowest BCUT2D eigenvalue weighted by Crippen LogP contribution is -2.15. The molecule has 0 atom stereocenters. The molecule has 1 fully saturated rings. The van der Waals surface area contributed by atoms with E-state index in [9.17, 15) is 0 Å². The van der Waals surface area contributed by atoms with Crippen LogP contribution in [0.5, 0.6) is 0 Å². The topological polar surface area (TPSA) is 38.4 Å². The van der Waals surface area contributed by atoms with E-state index in [0.29, 0.717) is 12.5 Å². The van der Waals surface area contributed by atoms with E-state index in [-0.39, 0.29) is 0 Å². The molecule has 0 bridgehead atoms. The second-order valence-electron chi connectivity index (χ2n) is 5.78. The van der Waals surface area contributed by atoms with E-state index in [1.54, 1.807) is 0 Å². The minimum Gasteiger partial charge on any atom is -0.326 e. The third-order valence-electron chi connectivity index (χ3n) is 4.25. The van der Waals surface area contributed by atoms with Crippen LogP contribution in [0.3, 0.4) is 0 Å². The van der Waals surface area contributed by atoms with Gasteiger partial charge in [0.1, 0.15) is 0 Å². The molecule has 2 heteroatoms. The molecular formula is C19H26N2. The fourth-order valence-electron chi connectivity index (χ4n) is 2.92. The van der Waals surface area contributed by atoms with Gasteiger partial charge < -0.3 is 5.73 Å². The number of hydrogen-bond donors (Lipinski definition) is 1. The molecule has 0 amide bonds. The summed E-state index contributed by atoms with van der Waals surface area (Å²) in [4.78, 5) is 4.89. The number of allylic oxidation sites excluding steroid dienone is 2. The highest BCUT2D eigenvalue weighted by Gasteiger charge is 2.16. The maximum absolute atomic E-state index is 5.65. The number of hydrogen-bond acceptors (Lipinski definition) is 2. The lowest BCUT2D eigenvalue weighted by molar-refractivity contribution is 0.438. The second-order valence-corrected chi connectivity index (χ2v) is 5.78. The van der Waals surface area contributed by atoms with Crippen molar-refractivity contribution in [3.63, 3.8) is 0 Å². The molecule has 112 valence electrons. The number of rotatable bonds is 5. The van der Waals surface area contributed by atoms with Gasteiger partial charge in [-0.1, -0.05) is 56.2 Å². The Labute approximate surface area is 128 Å². The van der Waals surface area contributed by atoms with Gasteiger partial charge in [-0.2, -0.15) is 0 Å². The van der Waals surface area contributed by atoms with Gasteiger partial charge in [-0.25, -0.2) is 0 Å². The van der Waals surface area contributed by atoms with Crippen LogP contribution in [0.25, 0.3) is 5.70 Å². The highest BCUT2D eigenvalue weighted by molar-refractivity contribution is 5.90. The quantitative estimate of drug-likeness (QED) is 0.616. The van der Waals surface area contributed by atoms with E-state index < -0.39 is 0 Å². The average Bonchev–Trinajstić information content (AvgIpc) is 2.55. The van der Waals surface area contributed by atoms with E-state index in [2.05, 4.69) is 37.8 Å². The van der Waals surface area contributed by atoms with Crippen molar-refractivity contribution < 1.29 is 0 Å². The molecule has 0 heterocycles. The zero-order valence-corrected chi connectivity index (χ0v) is 13.0. The van der Waals surface area contributed by atoms with Crippen LogP contribution < -0.4 is 5.73 Å². The summed E-state index contributed by atoms with van der Waals surface area (Å²) >= 11 is 0. The predicted molar refractivity (Wildman–Crippen MR) is 92.2 cm³/mol. The summed E-state index contributed by atoms with van der Waals surface area (Å²) in [5.41, 5.74) is 10.2. The first-order valence-electron chi connectivity index (χ1n) is 7.92. The monoisotopic (exact) mass is 282 g/mol. The number of nitrogens with two attached hydrogens (primary N) is 1. The molecule has 0 aromatic heterocycles. The minimum atomic E-state index is 0.575. The van der Waals surface area contributed by atoms with Crippen molar-refractivity contribution in [1.82, 2.24) is 0 Å². The highest BCUT2D eigenvalue weighted by atomic mass is 14.8. The van der Waals surface area contributed by atoms with Crippen LogP contribution in [0.15, 0.2) is 48.0 Å². The maximum Gasteiger partial charge on any atom is 0.0701 e. The highest BCUT2D eigenvalue weighted by Crippen LogP contribution is 2.27. The normalized spacial score (nSPS) is 17.8. The second kappa shape index (κ2) is 7.94. The summed E-state index contributed by atoms with van der Waals surface area (Å²) in [5.74, 6) is 0.648. The van der Waals surface area contributed by atoms with Crippen LogP contribution in [-0.4, -0.2) is 5.71 Å². The smallest absolute Gasteiger partial charge is 0.0701 e. The largest absolute Gasteiger partial charge is 0.326 e. The molecule has 1 aromatic carbocycles. The van der Waals surface area contributed by atoms with Crippen LogP contribution in [0.4, 0.5) is 0 Å². The van der Waals surface area contributed by atoms with Crippen LogP contribution in [-0.2, 0) is 6.54 Å². The lowest BCUT2D eigenvalue weighted by Gasteiger charge is -2.21. The van der Waals surface area contributed by atoms with Gasteiger partial charge in [0.05, 0.1) is 5.70 Å². The minimum absolute atomic E-state index is 0.575. The average molecular weight is 282 g/mol. The SMILES string of the molecule is C=C/C=C(\N=C(C)C1CCCCC1)c1ccc(CN)cc1. The fraction of sp³-hybridized carbons (Fsp3) is 0.421. The van der Waals surface area contributed by atoms with Crippen LogP contribution in [0, 0.1) is 5.92 Å². The van der Waals surface area contributed by atoms with Crippen molar-refractivity contribution in [2.75, 3.05) is 0 Å². The van der Waals surface area contributed by atoms with Gasteiger partial charge >= 0.3 is 0 Å². The standard InChI is InChI=1S/C19H26N2/c1-3-7-19(18-12-10-16(14-20)11-13-18)21-15(2)17-8-5-4-6-9-17/h3,7,10-13,17H,1,4-6,8-9,14,20H2,2H3/b19-7-,21-15?. The van der Waals surface area contributed by atoms with E-state index in [0.717, 1.165) is 16.8 Å². The first-order valence-corrected chi connectivity index (χ1v) is 7.92. The molecule has 1 aliphatic rings. The fourth-order valence-corrected chi connectivity index (χ4v) is 2.92. The molecule has 1 aromatic rings. The van der Waals surface area contributed by atoms with Gasteiger partial charge in [-0.05, 0) is 37.3 Å². The van der Waals surface area contributed by atoms with Crippen molar-refractivity contribution in [3.8, 4) is 0 Å². The molecular weight excluding hydrogens is 256 g/mol. The first kappa shape index (κ1) is 15.7. The summed E-state index contributed by atoms with van der Waals surface area (Å²) < 4.78 is 0. The first-order chi connectivity index (χ1) is 10.2. The summed E-state index contributed by atoms with van der Waals surface area (Å²) in [6.07, 6.45) is 10.4. The molecule has 21 heavy (non-hydrogen) atoms. The summed E-state index contributed by atoms with van der Waals surface area (Å²) in [6, 6.07) is 8.32. The molecule has 2 N–H and O–H groups in total. The predicted octanol–water partition coefficient (Wildman–Crippen LogP) is 4.71. The van der Waals surface area contributed by atoms with Crippen molar-refractivity contribution >= 4 is 11.4 Å². The molecule has 1 aliphatic carbocycles. The number of aliphatic imine (C=N–C) groups is 1. The number of nitrogens with zero attached hydrogens (tertiary/aromatic N) is 1. The Morgan fingerprint density at radius 3 is 2.48 bits per heavy atom. The zero-order chi connectivity index (χ0) is 15.1. The van der Waals surface area contributed by atoms with E-state index in [1.807, 2.05) is 12.2 Å². The third-order valence-corrected chi connectivity index (χ3v) is 4.25. The van der Waals surface area contributed by atoms with Gasteiger partial charge in [0.15, 0.2) is 0 Å². The van der Waals surface area contributed by atoms with Crippen LogP contribution in [0.1, 0.15) is 50.2 Å². The molecule has 0 saturated heterocycles. The summed E-state index contributed by atoms with van der Waals surface area (Å²) in [6.45, 7) is 6.56. The summed E-state index contributed by atoms with van der Waals surface area (Å²) in [5, 5.41) is 0. The van der Waals surface area contributed by atoms with Crippen LogP contribution >= 0.6 is 0 Å².